The van der Waals surface area contributed by atoms with Gasteiger partial charge in [-0.25, -0.2) is 8.78 Å². The second-order valence-corrected chi connectivity index (χ2v) is 4.65. The molecule has 0 amide bonds. The largest absolute Gasteiger partial charge is 0.298 e. The Hall–Kier alpha value is -2.17. The van der Waals surface area contributed by atoms with Crippen molar-refractivity contribution >= 4 is 5.78 Å². The lowest BCUT2D eigenvalue weighted by atomic mass is 9.90. The molecule has 104 valence electrons. The number of ketones is 1. The first-order valence-electron chi connectivity index (χ1n) is 6.25. The zero-order valence-electron chi connectivity index (χ0n) is 11.2. The van der Waals surface area contributed by atoms with Crippen molar-refractivity contribution in [2.75, 3.05) is 0 Å². The Balaban J connectivity index is 2.17. The molecular weight excluding hydrogens is 262 g/mol. The molecule has 0 aromatic carbocycles. The van der Waals surface area contributed by atoms with Gasteiger partial charge in [0.2, 0.25) is 0 Å². The van der Waals surface area contributed by atoms with E-state index in [1.54, 1.807) is 13.8 Å². The summed E-state index contributed by atoms with van der Waals surface area (Å²) in [5, 5.41) is 0. The highest BCUT2D eigenvalue weighted by molar-refractivity contribution is 5.90. The van der Waals surface area contributed by atoms with E-state index >= 15 is 0 Å². The quantitative estimate of drug-likeness (QED) is 0.861. The molecule has 0 aliphatic heterocycles. The lowest BCUT2D eigenvalue weighted by molar-refractivity contribution is -0.121. The van der Waals surface area contributed by atoms with Crippen molar-refractivity contribution in [3.63, 3.8) is 0 Å². The van der Waals surface area contributed by atoms with Crippen LogP contribution in [0.15, 0.2) is 36.7 Å². The van der Waals surface area contributed by atoms with Gasteiger partial charge in [-0.2, -0.15) is 0 Å². The van der Waals surface area contributed by atoms with Crippen LogP contribution < -0.4 is 0 Å². The molecule has 20 heavy (non-hydrogen) atoms. The summed E-state index contributed by atoms with van der Waals surface area (Å²) in [6.45, 7) is 3.42. The number of carbonyl (C=O) groups is 1. The predicted molar refractivity (Wildman–Crippen MR) is 70.2 cm³/mol. The van der Waals surface area contributed by atoms with Crippen LogP contribution in [0.3, 0.4) is 0 Å². The normalized spacial score (nSPS) is 13.8. The van der Waals surface area contributed by atoms with Crippen molar-refractivity contribution in [3.8, 4) is 0 Å². The summed E-state index contributed by atoms with van der Waals surface area (Å²) in [6.07, 6.45) is 2.17. The van der Waals surface area contributed by atoms with E-state index in [9.17, 15) is 13.6 Å². The second-order valence-electron chi connectivity index (χ2n) is 4.65. The molecule has 0 saturated heterocycles. The zero-order valence-corrected chi connectivity index (χ0v) is 11.2. The number of hydrogen-bond donors (Lipinski definition) is 0. The van der Waals surface area contributed by atoms with Crippen molar-refractivity contribution in [3.05, 3.63) is 59.7 Å². The van der Waals surface area contributed by atoms with Crippen LogP contribution >= 0.6 is 0 Å². The molecule has 5 heteroatoms. The van der Waals surface area contributed by atoms with Crippen LogP contribution in [0.2, 0.25) is 0 Å². The maximum absolute atomic E-state index is 12.8. The molecule has 0 aliphatic rings. The first-order valence-corrected chi connectivity index (χ1v) is 6.25. The van der Waals surface area contributed by atoms with E-state index < -0.39 is 23.5 Å². The first kappa shape index (κ1) is 14.2. The lowest BCUT2D eigenvalue weighted by Gasteiger charge is -2.15. The fourth-order valence-electron chi connectivity index (χ4n) is 1.95. The molecule has 0 saturated carbocycles. The van der Waals surface area contributed by atoms with Gasteiger partial charge in [0.05, 0.1) is 35.6 Å². The van der Waals surface area contributed by atoms with E-state index in [0.717, 1.165) is 12.4 Å². The fourth-order valence-corrected chi connectivity index (χ4v) is 1.95. The number of hydrogen-bond acceptors (Lipinski definition) is 3. The zero-order chi connectivity index (χ0) is 14.7. The molecule has 3 nitrogen and oxygen atoms in total. The van der Waals surface area contributed by atoms with Crippen LogP contribution in [0.4, 0.5) is 8.78 Å². The Morgan fingerprint density at radius 1 is 0.900 bits per heavy atom. The maximum atomic E-state index is 12.8. The summed E-state index contributed by atoms with van der Waals surface area (Å²) >= 11 is 0. The van der Waals surface area contributed by atoms with E-state index in [0.29, 0.717) is 11.4 Å². The Bertz CT molecular complexity index is 543. The molecule has 0 aliphatic carbocycles. The van der Waals surface area contributed by atoms with Gasteiger partial charge in [-0.3, -0.25) is 14.8 Å². The van der Waals surface area contributed by atoms with Crippen molar-refractivity contribution in [2.24, 2.45) is 0 Å². The fraction of sp³-hybridized carbons (Fsp3) is 0.267. The van der Waals surface area contributed by atoms with E-state index in [2.05, 4.69) is 9.97 Å². The molecular formula is C15H14F2N2O. The highest BCUT2D eigenvalue weighted by Crippen LogP contribution is 2.24. The molecule has 0 fully saturated rings. The smallest absolute Gasteiger partial charge is 0.150 e. The van der Waals surface area contributed by atoms with Crippen LogP contribution in [0.25, 0.3) is 0 Å². The van der Waals surface area contributed by atoms with E-state index in [1.165, 1.54) is 24.3 Å². The number of carbonyl (C=O) groups excluding carboxylic acids is 1. The molecule has 2 heterocycles. The number of nitrogens with zero attached hydrogens (tertiary/aromatic N) is 2. The van der Waals surface area contributed by atoms with Gasteiger partial charge in [0, 0.05) is 0 Å². The average Bonchev–Trinajstić information content (AvgIpc) is 2.46. The minimum absolute atomic E-state index is 0.0942. The Morgan fingerprint density at radius 3 is 1.60 bits per heavy atom. The molecule has 0 spiro atoms. The predicted octanol–water partition coefficient (Wildman–Crippen LogP) is 3.23. The Kier molecular flexibility index (Phi) is 4.17. The average molecular weight is 276 g/mol. The van der Waals surface area contributed by atoms with E-state index in [1.807, 2.05) is 0 Å². The van der Waals surface area contributed by atoms with Gasteiger partial charge in [0.1, 0.15) is 17.4 Å². The SMILES string of the molecule is CC(C(=O)C(C)c1ccc(F)cn1)c1ccc(F)cn1. The van der Waals surface area contributed by atoms with Crippen LogP contribution in [0.1, 0.15) is 37.1 Å². The van der Waals surface area contributed by atoms with E-state index in [4.69, 9.17) is 0 Å². The van der Waals surface area contributed by atoms with Gasteiger partial charge in [0.15, 0.2) is 0 Å². The summed E-state index contributed by atoms with van der Waals surface area (Å²) in [7, 11) is 0. The number of pyridine rings is 2. The van der Waals surface area contributed by atoms with Crippen LogP contribution in [-0.4, -0.2) is 15.8 Å². The minimum atomic E-state index is -0.475. The highest BCUT2D eigenvalue weighted by atomic mass is 19.1. The first-order chi connectivity index (χ1) is 9.49. The third-order valence-electron chi connectivity index (χ3n) is 3.24. The molecule has 2 aromatic rings. The van der Waals surface area contributed by atoms with Gasteiger partial charge < -0.3 is 0 Å². The number of halogens is 2. The van der Waals surface area contributed by atoms with Crippen molar-refractivity contribution in [2.45, 2.75) is 25.7 Å². The Labute approximate surface area is 115 Å². The molecule has 2 unspecified atom stereocenters. The van der Waals surface area contributed by atoms with Crippen molar-refractivity contribution < 1.29 is 13.6 Å². The molecule has 0 bridgehead atoms. The number of Topliss-reactive ketones (excluding diaryl/α,β-unsaturated/α-hetero) is 1. The van der Waals surface area contributed by atoms with Crippen LogP contribution in [-0.2, 0) is 4.79 Å². The summed E-state index contributed by atoms with van der Waals surface area (Å²) in [5.74, 6) is -1.93. The number of rotatable bonds is 4. The monoisotopic (exact) mass is 276 g/mol. The van der Waals surface area contributed by atoms with Gasteiger partial charge in [0.25, 0.3) is 0 Å². The molecule has 0 radical (unpaired) electrons. The molecule has 2 rings (SSSR count). The number of aromatic nitrogens is 2. The van der Waals surface area contributed by atoms with E-state index in [-0.39, 0.29) is 5.78 Å². The standard InChI is InChI=1S/C15H14F2N2O/c1-9(13-5-3-11(16)7-18-13)15(20)10(2)14-6-4-12(17)8-19-14/h3-10H,1-2H3. The summed E-state index contributed by atoms with van der Waals surface area (Å²) < 4.78 is 25.6. The Morgan fingerprint density at radius 2 is 1.30 bits per heavy atom. The van der Waals surface area contributed by atoms with Crippen LogP contribution in [0, 0.1) is 11.6 Å². The molecule has 2 aromatic heterocycles. The van der Waals surface area contributed by atoms with Gasteiger partial charge in [-0.1, -0.05) is 0 Å². The van der Waals surface area contributed by atoms with Crippen LogP contribution in [0.5, 0.6) is 0 Å². The summed E-state index contributed by atoms with van der Waals surface area (Å²) in [6, 6.07) is 5.52. The third kappa shape index (κ3) is 3.04. The topological polar surface area (TPSA) is 42.9 Å². The van der Waals surface area contributed by atoms with Crippen molar-refractivity contribution in [1.82, 2.24) is 9.97 Å². The van der Waals surface area contributed by atoms with Gasteiger partial charge in [-0.05, 0) is 38.1 Å². The molecule has 0 N–H and O–H groups in total. The van der Waals surface area contributed by atoms with Gasteiger partial charge in [-0.15, -0.1) is 0 Å². The maximum Gasteiger partial charge on any atom is 0.150 e. The lowest BCUT2D eigenvalue weighted by Crippen LogP contribution is -2.18. The second kappa shape index (κ2) is 5.86. The highest BCUT2D eigenvalue weighted by Gasteiger charge is 2.24. The minimum Gasteiger partial charge on any atom is -0.298 e. The molecule has 2 atom stereocenters. The third-order valence-corrected chi connectivity index (χ3v) is 3.24. The summed E-state index contributed by atoms with van der Waals surface area (Å²) in [5.41, 5.74) is 1.01. The summed E-state index contributed by atoms with van der Waals surface area (Å²) in [4.78, 5) is 20.2. The van der Waals surface area contributed by atoms with Crippen molar-refractivity contribution in [1.29, 1.82) is 0 Å². The van der Waals surface area contributed by atoms with Gasteiger partial charge >= 0.3 is 0 Å².